The molecule has 0 bridgehead atoms. The average molecular weight is 343 g/mol. The van der Waals surface area contributed by atoms with Crippen molar-refractivity contribution in [3.8, 4) is 5.75 Å². The van der Waals surface area contributed by atoms with Gasteiger partial charge < -0.3 is 14.5 Å². The van der Waals surface area contributed by atoms with Crippen molar-refractivity contribution in [2.45, 2.75) is 26.0 Å². The van der Waals surface area contributed by atoms with E-state index in [1.165, 1.54) is 24.3 Å². The topological polar surface area (TPSA) is 69.3 Å². The van der Waals surface area contributed by atoms with E-state index in [4.69, 9.17) is 9.15 Å². The fraction of sp³-hybridized carbons (Fsp3) is 0.222. The zero-order valence-electron chi connectivity index (χ0n) is 13.7. The minimum atomic E-state index is -0.697. The zero-order valence-corrected chi connectivity index (χ0v) is 13.7. The maximum absolute atomic E-state index is 13.0. The Morgan fingerprint density at radius 3 is 2.80 bits per heavy atom. The molecular formula is C18H18FN3O3. The maximum atomic E-state index is 13.0. The molecule has 1 atom stereocenters. The maximum Gasteiger partial charge on any atom is 0.266 e. The van der Waals surface area contributed by atoms with Crippen molar-refractivity contribution < 1.29 is 18.3 Å². The van der Waals surface area contributed by atoms with Crippen LogP contribution in [-0.4, -0.2) is 21.8 Å². The number of amides is 1. The highest BCUT2D eigenvalue weighted by molar-refractivity contribution is 5.93. The van der Waals surface area contributed by atoms with Crippen LogP contribution in [-0.2, 0) is 11.3 Å². The normalized spacial score (nSPS) is 11.9. The van der Waals surface area contributed by atoms with E-state index in [-0.39, 0.29) is 11.7 Å². The molecule has 0 fully saturated rings. The first-order valence-electron chi connectivity index (χ1n) is 7.93. The van der Waals surface area contributed by atoms with Gasteiger partial charge in [0.2, 0.25) is 0 Å². The summed E-state index contributed by atoms with van der Waals surface area (Å²) in [6.07, 6.45) is 2.95. The Labute approximate surface area is 144 Å². The van der Waals surface area contributed by atoms with Gasteiger partial charge in [-0.25, -0.2) is 9.07 Å². The van der Waals surface area contributed by atoms with Gasteiger partial charge in [0.05, 0.1) is 12.5 Å². The summed E-state index contributed by atoms with van der Waals surface area (Å²) in [4.78, 5) is 12.5. The molecule has 0 unspecified atom stereocenters. The first kappa shape index (κ1) is 16.8. The molecule has 1 aromatic carbocycles. The molecular weight excluding hydrogens is 325 g/mol. The number of benzene rings is 1. The molecule has 2 heterocycles. The lowest BCUT2D eigenvalue weighted by Gasteiger charge is -2.17. The van der Waals surface area contributed by atoms with Crippen LogP contribution in [0.2, 0.25) is 0 Å². The number of anilines is 1. The van der Waals surface area contributed by atoms with Crippen LogP contribution < -0.4 is 10.1 Å². The molecule has 6 nitrogen and oxygen atoms in total. The van der Waals surface area contributed by atoms with E-state index in [1.54, 1.807) is 29.3 Å². The van der Waals surface area contributed by atoms with Crippen molar-refractivity contribution in [2.75, 3.05) is 5.32 Å². The molecule has 0 saturated heterocycles. The summed E-state index contributed by atoms with van der Waals surface area (Å²) < 4.78 is 25.5. The smallest absolute Gasteiger partial charge is 0.266 e. The highest BCUT2D eigenvalue weighted by Crippen LogP contribution is 2.16. The molecule has 1 N–H and O–H groups in total. The van der Waals surface area contributed by atoms with Gasteiger partial charge in [0.25, 0.3) is 5.91 Å². The molecule has 0 radical (unpaired) electrons. The fourth-order valence-electron chi connectivity index (χ4n) is 2.32. The summed E-state index contributed by atoms with van der Waals surface area (Å²) in [5.74, 6) is 1.06. The van der Waals surface area contributed by atoms with Crippen molar-refractivity contribution in [1.82, 2.24) is 9.78 Å². The quantitative estimate of drug-likeness (QED) is 0.713. The predicted octanol–water partition coefficient (Wildman–Crippen LogP) is 3.46. The van der Waals surface area contributed by atoms with Crippen LogP contribution in [0, 0.1) is 5.82 Å². The van der Waals surface area contributed by atoms with Crippen LogP contribution in [0.15, 0.2) is 59.3 Å². The average Bonchev–Trinajstić information content (AvgIpc) is 3.27. The molecule has 2 aromatic heterocycles. The van der Waals surface area contributed by atoms with Gasteiger partial charge in [-0.15, -0.1) is 0 Å². The van der Waals surface area contributed by atoms with Gasteiger partial charge in [0, 0.05) is 6.07 Å². The number of aromatic nitrogens is 2. The summed E-state index contributed by atoms with van der Waals surface area (Å²) in [6, 6.07) is 10.9. The van der Waals surface area contributed by atoms with Crippen LogP contribution >= 0.6 is 0 Å². The van der Waals surface area contributed by atoms with E-state index in [1.807, 2.05) is 13.0 Å². The summed E-state index contributed by atoms with van der Waals surface area (Å²) >= 11 is 0. The lowest BCUT2D eigenvalue weighted by molar-refractivity contribution is -0.122. The van der Waals surface area contributed by atoms with Gasteiger partial charge in [0.1, 0.15) is 29.7 Å². The van der Waals surface area contributed by atoms with Crippen molar-refractivity contribution in [3.63, 3.8) is 0 Å². The van der Waals surface area contributed by atoms with Gasteiger partial charge in [-0.3, -0.25) is 4.79 Å². The largest absolute Gasteiger partial charge is 0.481 e. The highest BCUT2D eigenvalue weighted by Gasteiger charge is 2.20. The Balaban J connectivity index is 1.66. The summed E-state index contributed by atoms with van der Waals surface area (Å²) in [5, 5.41) is 6.99. The number of halogens is 1. The number of nitrogens with zero attached hydrogens (tertiary/aromatic N) is 2. The number of rotatable bonds is 7. The molecule has 3 rings (SSSR count). The molecule has 1 amide bonds. The summed E-state index contributed by atoms with van der Waals surface area (Å²) in [7, 11) is 0. The van der Waals surface area contributed by atoms with Crippen molar-refractivity contribution in [2.24, 2.45) is 0 Å². The van der Waals surface area contributed by atoms with E-state index in [9.17, 15) is 9.18 Å². The first-order valence-corrected chi connectivity index (χ1v) is 7.93. The lowest BCUT2D eigenvalue weighted by atomic mass is 10.2. The number of nitrogens with one attached hydrogen (secondary N) is 1. The van der Waals surface area contributed by atoms with Gasteiger partial charge >= 0.3 is 0 Å². The van der Waals surface area contributed by atoms with E-state index < -0.39 is 6.10 Å². The van der Waals surface area contributed by atoms with Gasteiger partial charge in [0.15, 0.2) is 6.10 Å². The summed E-state index contributed by atoms with van der Waals surface area (Å²) in [5.41, 5.74) is 0. The molecule has 0 aliphatic carbocycles. The molecule has 0 aliphatic heterocycles. The monoisotopic (exact) mass is 343 g/mol. The number of carbonyl (C=O) groups excluding carboxylic acids is 1. The van der Waals surface area contributed by atoms with Crippen molar-refractivity contribution in [3.05, 3.63) is 66.5 Å². The number of ether oxygens (including phenoxy) is 1. The van der Waals surface area contributed by atoms with E-state index in [0.717, 1.165) is 5.76 Å². The molecule has 7 heteroatoms. The SMILES string of the molecule is CC[C@H](Oc1ccc(F)cc1)C(=O)Nc1ccnn1Cc1ccco1. The Morgan fingerprint density at radius 2 is 2.12 bits per heavy atom. The molecule has 3 aromatic rings. The standard InChI is InChI=1S/C18H18FN3O3/c1-2-16(25-14-7-5-13(19)6-8-14)18(23)21-17-9-10-20-22(17)12-15-4-3-11-24-15/h3-11,16H,2,12H2,1H3,(H,21,23)/t16-/m0/s1. The highest BCUT2D eigenvalue weighted by atomic mass is 19.1. The Bertz CT molecular complexity index is 812. The number of hydrogen-bond acceptors (Lipinski definition) is 4. The van der Waals surface area contributed by atoms with Gasteiger partial charge in [-0.1, -0.05) is 6.92 Å². The van der Waals surface area contributed by atoms with Crippen LogP contribution in [0.3, 0.4) is 0 Å². The third-order valence-corrected chi connectivity index (χ3v) is 3.61. The molecule has 0 spiro atoms. The first-order chi connectivity index (χ1) is 12.2. The molecule has 130 valence electrons. The second-order valence-corrected chi connectivity index (χ2v) is 5.41. The second-order valence-electron chi connectivity index (χ2n) is 5.41. The van der Waals surface area contributed by atoms with Crippen LogP contribution in [0.5, 0.6) is 5.75 Å². The van der Waals surface area contributed by atoms with Crippen molar-refractivity contribution >= 4 is 11.7 Å². The van der Waals surface area contributed by atoms with E-state index >= 15 is 0 Å². The number of furan rings is 1. The third kappa shape index (κ3) is 4.26. The van der Waals surface area contributed by atoms with E-state index in [0.29, 0.717) is 24.5 Å². The number of hydrogen-bond donors (Lipinski definition) is 1. The lowest BCUT2D eigenvalue weighted by Crippen LogP contribution is -2.33. The van der Waals surface area contributed by atoms with Crippen LogP contribution in [0.1, 0.15) is 19.1 Å². The Hall–Kier alpha value is -3.09. The van der Waals surface area contributed by atoms with E-state index in [2.05, 4.69) is 10.4 Å². The van der Waals surface area contributed by atoms with Gasteiger partial charge in [-0.2, -0.15) is 5.10 Å². The minimum Gasteiger partial charge on any atom is -0.481 e. The molecule has 0 saturated carbocycles. The predicted molar refractivity (Wildman–Crippen MR) is 89.8 cm³/mol. The Kier molecular flexibility index (Phi) is 5.13. The number of carbonyl (C=O) groups is 1. The molecule has 25 heavy (non-hydrogen) atoms. The fourth-order valence-corrected chi connectivity index (χ4v) is 2.32. The second kappa shape index (κ2) is 7.65. The van der Waals surface area contributed by atoms with Gasteiger partial charge in [-0.05, 0) is 42.8 Å². The Morgan fingerprint density at radius 1 is 1.32 bits per heavy atom. The minimum absolute atomic E-state index is 0.298. The molecule has 0 aliphatic rings. The van der Waals surface area contributed by atoms with Crippen LogP contribution in [0.4, 0.5) is 10.2 Å². The summed E-state index contributed by atoms with van der Waals surface area (Å²) in [6.45, 7) is 2.25. The third-order valence-electron chi connectivity index (χ3n) is 3.61. The zero-order chi connectivity index (χ0) is 17.6. The van der Waals surface area contributed by atoms with Crippen LogP contribution in [0.25, 0.3) is 0 Å². The van der Waals surface area contributed by atoms with Crippen molar-refractivity contribution in [1.29, 1.82) is 0 Å².